The Morgan fingerprint density at radius 2 is 1.89 bits per heavy atom. The van der Waals surface area contributed by atoms with E-state index in [-0.39, 0.29) is 0 Å². The maximum atomic E-state index is 4.42. The molecule has 0 aliphatic heterocycles. The Kier molecular flexibility index (Phi) is 3.11. The van der Waals surface area contributed by atoms with Crippen molar-refractivity contribution in [1.29, 1.82) is 0 Å². The summed E-state index contributed by atoms with van der Waals surface area (Å²) in [6.07, 6.45) is 3.70. The lowest BCUT2D eigenvalue weighted by Crippen LogP contribution is -2.02. The number of hydrogen-bond donors (Lipinski definition) is 1. The molecule has 0 aliphatic carbocycles. The zero-order valence-electron chi connectivity index (χ0n) is 10.8. The molecule has 19 heavy (non-hydrogen) atoms. The van der Waals surface area contributed by atoms with Crippen molar-refractivity contribution in [3.8, 4) is 0 Å². The molecule has 2 heterocycles. The number of anilines is 1. The molecule has 1 N–H and O–H groups in total. The van der Waals surface area contributed by atoms with Gasteiger partial charge < -0.3 is 5.32 Å². The summed E-state index contributed by atoms with van der Waals surface area (Å²) >= 11 is 0. The minimum Gasteiger partial charge on any atom is -0.378 e. The fraction of sp³-hybridized carbons (Fsp3) is 0.125. The summed E-state index contributed by atoms with van der Waals surface area (Å²) in [6.45, 7) is 2.74. The third-order valence-electron chi connectivity index (χ3n) is 3.07. The summed E-state index contributed by atoms with van der Waals surface area (Å²) in [6, 6.07) is 14.3. The molecule has 3 aromatic rings. The van der Waals surface area contributed by atoms with Crippen LogP contribution in [0.15, 0.2) is 54.9 Å². The SMILES string of the molecule is Cc1ccc(CNc2cccc3cccnc23)nc1. The van der Waals surface area contributed by atoms with E-state index in [2.05, 4.69) is 33.5 Å². The van der Waals surface area contributed by atoms with Crippen LogP contribution in [0.4, 0.5) is 5.69 Å². The number of fused-ring (bicyclic) bond motifs is 1. The van der Waals surface area contributed by atoms with Gasteiger partial charge in [-0.1, -0.05) is 24.3 Å². The van der Waals surface area contributed by atoms with Gasteiger partial charge in [0.05, 0.1) is 23.4 Å². The second-order valence-corrected chi connectivity index (χ2v) is 4.56. The van der Waals surface area contributed by atoms with Crippen molar-refractivity contribution in [1.82, 2.24) is 9.97 Å². The Morgan fingerprint density at radius 1 is 1.00 bits per heavy atom. The minimum absolute atomic E-state index is 0.704. The Bertz CT molecular complexity index is 684. The van der Waals surface area contributed by atoms with Crippen LogP contribution < -0.4 is 5.32 Å². The van der Waals surface area contributed by atoms with E-state index in [0.717, 1.165) is 22.3 Å². The summed E-state index contributed by atoms with van der Waals surface area (Å²) < 4.78 is 0. The van der Waals surface area contributed by atoms with Gasteiger partial charge in [0.25, 0.3) is 0 Å². The van der Waals surface area contributed by atoms with Crippen LogP contribution in [-0.2, 0) is 6.54 Å². The molecule has 94 valence electrons. The summed E-state index contributed by atoms with van der Waals surface area (Å²) in [5.74, 6) is 0. The molecule has 0 saturated carbocycles. The molecule has 3 heteroatoms. The summed E-state index contributed by atoms with van der Waals surface area (Å²) in [5.41, 5.74) is 4.24. The number of aryl methyl sites for hydroxylation is 1. The number of rotatable bonds is 3. The van der Waals surface area contributed by atoms with Gasteiger partial charge in [-0.25, -0.2) is 0 Å². The number of pyridine rings is 2. The van der Waals surface area contributed by atoms with E-state index >= 15 is 0 Å². The standard InChI is InChI=1S/C16H15N3/c1-12-7-8-14(18-10-12)11-19-15-6-2-4-13-5-3-9-17-16(13)15/h2-10,19H,11H2,1H3. The number of aromatic nitrogens is 2. The average molecular weight is 249 g/mol. The van der Waals surface area contributed by atoms with Crippen molar-refractivity contribution in [3.63, 3.8) is 0 Å². The summed E-state index contributed by atoms with van der Waals surface area (Å²) in [5, 5.41) is 4.54. The number of hydrogen-bond acceptors (Lipinski definition) is 3. The first-order chi connectivity index (χ1) is 9.33. The van der Waals surface area contributed by atoms with E-state index in [4.69, 9.17) is 0 Å². The lowest BCUT2D eigenvalue weighted by molar-refractivity contribution is 1.04. The van der Waals surface area contributed by atoms with E-state index in [1.807, 2.05) is 43.6 Å². The van der Waals surface area contributed by atoms with Gasteiger partial charge >= 0.3 is 0 Å². The van der Waals surface area contributed by atoms with Crippen LogP contribution in [0, 0.1) is 6.92 Å². The van der Waals surface area contributed by atoms with Gasteiger partial charge in [0.1, 0.15) is 0 Å². The molecule has 2 aromatic heterocycles. The highest BCUT2D eigenvalue weighted by Crippen LogP contribution is 2.20. The number of para-hydroxylation sites is 1. The molecule has 0 radical (unpaired) electrons. The molecule has 3 nitrogen and oxygen atoms in total. The molecule has 0 unspecified atom stereocenters. The van der Waals surface area contributed by atoms with Gasteiger partial charge in [-0.05, 0) is 30.7 Å². The smallest absolute Gasteiger partial charge is 0.0933 e. The van der Waals surface area contributed by atoms with E-state index in [0.29, 0.717) is 6.54 Å². The van der Waals surface area contributed by atoms with Crippen LogP contribution in [0.25, 0.3) is 10.9 Å². The van der Waals surface area contributed by atoms with Crippen molar-refractivity contribution in [3.05, 3.63) is 66.1 Å². The van der Waals surface area contributed by atoms with Gasteiger partial charge in [0, 0.05) is 17.8 Å². The molecular weight excluding hydrogens is 234 g/mol. The monoisotopic (exact) mass is 249 g/mol. The van der Waals surface area contributed by atoms with Crippen LogP contribution in [0.1, 0.15) is 11.3 Å². The number of nitrogens with one attached hydrogen (secondary N) is 1. The first-order valence-corrected chi connectivity index (χ1v) is 6.32. The van der Waals surface area contributed by atoms with Crippen LogP contribution >= 0.6 is 0 Å². The van der Waals surface area contributed by atoms with Crippen LogP contribution in [0.2, 0.25) is 0 Å². The van der Waals surface area contributed by atoms with E-state index in [1.165, 1.54) is 5.56 Å². The molecule has 0 atom stereocenters. The third kappa shape index (κ3) is 2.55. The molecule has 0 aliphatic rings. The van der Waals surface area contributed by atoms with Gasteiger partial charge in [0.15, 0.2) is 0 Å². The van der Waals surface area contributed by atoms with Crippen LogP contribution in [0.5, 0.6) is 0 Å². The van der Waals surface area contributed by atoms with Crippen LogP contribution in [-0.4, -0.2) is 9.97 Å². The highest BCUT2D eigenvalue weighted by Gasteiger charge is 2.01. The lowest BCUT2D eigenvalue weighted by atomic mass is 10.2. The topological polar surface area (TPSA) is 37.8 Å². The van der Waals surface area contributed by atoms with Crippen molar-refractivity contribution in [2.45, 2.75) is 13.5 Å². The summed E-state index contributed by atoms with van der Waals surface area (Å²) in [7, 11) is 0. The quantitative estimate of drug-likeness (QED) is 0.771. The van der Waals surface area contributed by atoms with E-state index < -0.39 is 0 Å². The maximum Gasteiger partial charge on any atom is 0.0933 e. The predicted molar refractivity (Wildman–Crippen MR) is 78.0 cm³/mol. The van der Waals surface area contributed by atoms with Crippen molar-refractivity contribution < 1.29 is 0 Å². The Labute approximate surface area is 112 Å². The van der Waals surface area contributed by atoms with Crippen molar-refractivity contribution in [2.24, 2.45) is 0 Å². The molecular formula is C16H15N3. The molecule has 0 spiro atoms. The van der Waals surface area contributed by atoms with Gasteiger partial charge in [-0.2, -0.15) is 0 Å². The largest absolute Gasteiger partial charge is 0.378 e. The fourth-order valence-corrected chi connectivity index (χ4v) is 2.04. The fourth-order valence-electron chi connectivity index (χ4n) is 2.04. The second-order valence-electron chi connectivity index (χ2n) is 4.56. The van der Waals surface area contributed by atoms with Gasteiger partial charge in [0.2, 0.25) is 0 Å². The molecule has 0 bridgehead atoms. The average Bonchev–Trinajstić information content (AvgIpc) is 2.47. The number of benzene rings is 1. The molecule has 1 aromatic carbocycles. The maximum absolute atomic E-state index is 4.42. The van der Waals surface area contributed by atoms with Gasteiger partial charge in [-0.3, -0.25) is 9.97 Å². The van der Waals surface area contributed by atoms with Crippen LogP contribution in [0.3, 0.4) is 0 Å². The lowest BCUT2D eigenvalue weighted by Gasteiger charge is -2.08. The molecule has 0 amide bonds. The van der Waals surface area contributed by atoms with E-state index in [9.17, 15) is 0 Å². The third-order valence-corrected chi connectivity index (χ3v) is 3.07. The van der Waals surface area contributed by atoms with Gasteiger partial charge in [-0.15, -0.1) is 0 Å². The summed E-state index contributed by atoms with van der Waals surface area (Å²) in [4.78, 5) is 8.82. The van der Waals surface area contributed by atoms with Crippen molar-refractivity contribution in [2.75, 3.05) is 5.32 Å². The normalized spacial score (nSPS) is 10.6. The van der Waals surface area contributed by atoms with Crippen molar-refractivity contribution >= 4 is 16.6 Å². The van der Waals surface area contributed by atoms with E-state index in [1.54, 1.807) is 0 Å². The minimum atomic E-state index is 0.704. The Morgan fingerprint density at radius 3 is 2.74 bits per heavy atom. The first-order valence-electron chi connectivity index (χ1n) is 6.32. The zero-order valence-corrected chi connectivity index (χ0v) is 10.8. The number of nitrogens with zero attached hydrogens (tertiary/aromatic N) is 2. The zero-order chi connectivity index (χ0) is 13.1. The predicted octanol–water partition coefficient (Wildman–Crippen LogP) is 3.55. The molecule has 0 fully saturated rings. The Balaban J connectivity index is 1.84. The highest BCUT2D eigenvalue weighted by atomic mass is 14.9. The second kappa shape index (κ2) is 5.06. The Hall–Kier alpha value is -2.42. The highest BCUT2D eigenvalue weighted by molar-refractivity contribution is 5.90. The molecule has 3 rings (SSSR count). The first kappa shape index (κ1) is 11.7. The molecule has 0 saturated heterocycles.